The van der Waals surface area contributed by atoms with Gasteiger partial charge in [0, 0.05) is 0 Å². The lowest BCUT2D eigenvalue weighted by molar-refractivity contribution is -0.115. The Balaban J connectivity index is 2.32. The quantitative estimate of drug-likeness (QED) is 0.795. The number of fused-ring (bicyclic) bond motifs is 1. The molecule has 1 unspecified atom stereocenters. The normalized spacial score (nSPS) is 13.3. The topological polar surface area (TPSA) is 102 Å². The number of halogens is 1. The van der Waals surface area contributed by atoms with Gasteiger partial charge in [-0.3, -0.25) is 4.79 Å². The standard InChI is InChI=1S/C11H12BrN3O3S2/c1-2-7(12)10(16)15-11-14-8-4-3-6(20(13,17)18)5-9(8)19-11/h3-5,7H,2H2,1H3,(H2,13,17,18)(H,14,15,16). The van der Waals surface area contributed by atoms with Gasteiger partial charge in [-0.25, -0.2) is 18.5 Å². The van der Waals surface area contributed by atoms with Crippen molar-refractivity contribution in [1.29, 1.82) is 0 Å². The van der Waals surface area contributed by atoms with Crippen LogP contribution in [0.25, 0.3) is 10.2 Å². The fraction of sp³-hybridized carbons (Fsp3) is 0.273. The molecule has 1 atom stereocenters. The molecule has 1 amide bonds. The molecule has 0 fully saturated rings. The van der Waals surface area contributed by atoms with Crippen LogP contribution >= 0.6 is 27.3 Å². The van der Waals surface area contributed by atoms with E-state index in [0.717, 1.165) is 0 Å². The summed E-state index contributed by atoms with van der Waals surface area (Å²) in [5.41, 5.74) is 0.611. The number of aromatic nitrogens is 1. The third kappa shape index (κ3) is 3.35. The maximum Gasteiger partial charge on any atom is 0.239 e. The SMILES string of the molecule is CCC(Br)C(=O)Nc1nc2ccc(S(N)(=O)=O)cc2s1. The van der Waals surface area contributed by atoms with Gasteiger partial charge in [-0.05, 0) is 24.6 Å². The average Bonchev–Trinajstić information content (AvgIpc) is 2.77. The molecule has 0 saturated carbocycles. The molecule has 2 aromatic rings. The molecule has 0 aliphatic carbocycles. The van der Waals surface area contributed by atoms with Crippen LogP contribution in [-0.4, -0.2) is 24.1 Å². The maximum atomic E-state index is 11.7. The van der Waals surface area contributed by atoms with Crippen LogP contribution in [0.15, 0.2) is 23.1 Å². The fourth-order valence-corrected chi connectivity index (χ4v) is 3.14. The van der Waals surface area contributed by atoms with Crippen LogP contribution in [0.4, 0.5) is 5.13 Å². The molecule has 0 radical (unpaired) electrons. The van der Waals surface area contributed by atoms with Crippen molar-refractivity contribution in [1.82, 2.24) is 4.98 Å². The lowest BCUT2D eigenvalue weighted by Gasteiger charge is -2.04. The van der Waals surface area contributed by atoms with E-state index in [4.69, 9.17) is 5.14 Å². The van der Waals surface area contributed by atoms with E-state index in [9.17, 15) is 13.2 Å². The van der Waals surface area contributed by atoms with E-state index in [2.05, 4.69) is 26.2 Å². The number of amides is 1. The van der Waals surface area contributed by atoms with Gasteiger partial charge in [0.2, 0.25) is 15.9 Å². The van der Waals surface area contributed by atoms with Gasteiger partial charge in [0.25, 0.3) is 0 Å². The fourth-order valence-electron chi connectivity index (χ4n) is 1.50. The Labute approximate surface area is 128 Å². The lowest BCUT2D eigenvalue weighted by atomic mass is 10.3. The molecule has 1 aromatic carbocycles. The van der Waals surface area contributed by atoms with Crippen molar-refractivity contribution in [3.8, 4) is 0 Å². The first kappa shape index (κ1) is 15.4. The summed E-state index contributed by atoms with van der Waals surface area (Å²) in [6, 6.07) is 4.40. The van der Waals surface area contributed by atoms with Gasteiger partial charge in [-0.15, -0.1) is 0 Å². The molecule has 1 heterocycles. The van der Waals surface area contributed by atoms with Crippen molar-refractivity contribution in [3.05, 3.63) is 18.2 Å². The van der Waals surface area contributed by atoms with Crippen LogP contribution in [0.5, 0.6) is 0 Å². The second-order valence-corrected chi connectivity index (χ2v) is 7.76. The van der Waals surface area contributed by atoms with Gasteiger partial charge in [0.15, 0.2) is 5.13 Å². The van der Waals surface area contributed by atoms with Crippen LogP contribution in [-0.2, 0) is 14.8 Å². The number of anilines is 1. The highest BCUT2D eigenvalue weighted by atomic mass is 79.9. The molecule has 9 heteroatoms. The highest BCUT2D eigenvalue weighted by Crippen LogP contribution is 2.28. The Morgan fingerprint density at radius 3 is 2.85 bits per heavy atom. The monoisotopic (exact) mass is 377 g/mol. The third-order valence-electron chi connectivity index (χ3n) is 2.56. The number of carbonyl (C=O) groups excluding carboxylic acids is 1. The summed E-state index contributed by atoms with van der Waals surface area (Å²) in [5, 5.41) is 8.18. The number of thiazole rings is 1. The highest BCUT2D eigenvalue weighted by molar-refractivity contribution is 9.10. The second kappa shape index (κ2) is 5.76. The third-order valence-corrected chi connectivity index (χ3v) is 5.47. The Morgan fingerprint density at radius 1 is 1.55 bits per heavy atom. The van der Waals surface area contributed by atoms with E-state index in [-0.39, 0.29) is 15.6 Å². The molecule has 0 aliphatic heterocycles. The zero-order valence-corrected chi connectivity index (χ0v) is 13.7. The highest BCUT2D eigenvalue weighted by Gasteiger charge is 2.15. The molecule has 20 heavy (non-hydrogen) atoms. The summed E-state index contributed by atoms with van der Waals surface area (Å²) in [4.78, 5) is 15.7. The predicted molar refractivity (Wildman–Crippen MR) is 82.6 cm³/mol. The molecule has 6 nitrogen and oxygen atoms in total. The second-order valence-electron chi connectivity index (χ2n) is 4.06. The van der Waals surface area contributed by atoms with Gasteiger partial charge in [0.05, 0.1) is 19.9 Å². The van der Waals surface area contributed by atoms with E-state index in [1.807, 2.05) is 6.92 Å². The molecule has 0 aliphatic rings. The van der Waals surface area contributed by atoms with Crippen molar-refractivity contribution < 1.29 is 13.2 Å². The van der Waals surface area contributed by atoms with Crippen LogP contribution in [0.2, 0.25) is 0 Å². The van der Waals surface area contributed by atoms with Crippen molar-refractivity contribution in [2.45, 2.75) is 23.1 Å². The first-order valence-electron chi connectivity index (χ1n) is 5.69. The van der Waals surface area contributed by atoms with Crippen LogP contribution in [0, 0.1) is 0 Å². The minimum Gasteiger partial charge on any atom is -0.301 e. The Kier molecular flexibility index (Phi) is 4.43. The van der Waals surface area contributed by atoms with Crippen LogP contribution < -0.4 is 10.5 Å². The minimum atomic E-state index is -3.74. The summed E-state index contributed by atoms with van der Waals surface area (Å²) in [6.07, 6.45) is 0.659. The van der Waals surface area contributed by atoms with Crippen molar-refractivity contribution in [2.24, 2.45) is 5.14 Å². The maximum absolute atomic E-state index is 11.7. The Morgan fingerprint density at radius 2 is 2.25 bits per heavy atom. The number of carbonyl (C=O) groups is 1. The van der Waals surface area contributed by atoms with E-state index < -0.39 is 10.0 Å². The summed E-state index contributed by atoms with van der Waals surface area (Å²) < 4.78 is 23.2. The summed E-state index contributed by atoms with van der Waals surface area (Å²) >= 11 is 4.45. The minimum absolute atomic E-state index is 0.0263. The number of nitrogens with two attached hydrogens (primary N) is 1. The number of hydrogen-bond acceptors (Lipinski definition) is 5. The molecule has 2 rings (SSSR count). The largest absolute Gasteiger partial charge is 0.301 e. The molecule has 1 aromatic heterocycles. The molecule has 0 bridgehead atoms. The van der Waals surface area contributed by atoms with Crippen molar-refractivity contribution in [2.75, 3.05) is 5.32 Å². The van der Waals surface area contributed by atoms with Gasteiger partial charge < -0.3 is 5.32 Å². The van der Waals surface area contributed by atoms with E-state index in [1.165, 1.54) is 23.5 Å². The van der Waals surface area contributed by atoms with Gasteiger partial charge >= 0.3 is 0 Å². The zero-order valence-electron chi connectivity index (χ0n) is 10.5. The molecular weight excluding hydrogens is 366 g/mol. The number of benzene rings is 1. The van der Waals surface area contributed by atoms with E-state index >= 15 is 0 Å². The smallest absolute Gasteiger partial charge is 0.239 e. The van der Waals surface area contributed by atoms with Gasteiger partial charge in [-0.1, -0.05) is 34.2 Å². The summed E-state index contributed by atoms with van der Waals surface area (Å²) in [6.45, 7) is 1.88. The Hall–Kier alpha value is -1.03. The van der Waals surface area contributed by atoms with Crippen molar-refractivity contribution in [3.63, 3.8) is 0 Å². The number of nitrogens with zero attached hydrogens (tertiary/aromatic N) is 1. The van der Waals surface area contributed by atoms with Crippen LogP contribution in [0.1, 0.15) is 13.3 Å². The number of sulfonamides is 1. The molecule has 0 spiro atoms. The number of alkyl halides is 1. The summed E-state index contributed by atoms with van der Waals surface area (Å²) in [5.74, 6) is -0.182. The Bertz CT molecular complexity index is 757. The first-order chi connectivity index (χ1) is 9.31. The predicted octanol–water partition coefficient (Wildman–Crippen LogP) is 2.06. The molecule has 0 saturated heterocycles. The zero-order chi connectivity index (χ0) is 14.9. The van der Waals surface area contributed by atoms with Crippen LogP contribution in [0.3, 0.4) is 0 Å². The number of primary sulfonamides is 1. The number of rotatable bonds is 4. The lowest BCUT2D eigenvalue weighted by Crippen LogP contribution is -2.21. The average molecular weight is 378 g/mol. The molecule has 108 valence electrons. The molecule has 3 N–H and O–H groups in total. The molecular formula is C11H12BrN3O3S2. The van der Waals surface area contributed by atoms with Gasteiger partial charge in [-0.2, -0.15) is 0 Å². The van der Waals surface area contributed by atoms with Gasteiger partial charge in [0.1, 0.15) is 0 Å². The number of hydrogen-bond donors (Lipinski definition) is 2. The van der Waals surface area contributed by atoms with E-state index in [1.54, 1.807) is 6.07 Å². The first-order valence-corrected chi connectivity index (χ1v) is 8.97. The summed E-state index contributed by atoms with van der Waals surface area (Å²) in [7, 11) is -3.74. The van der Waals surface area contributed by atoms with Crippen molar-refractivity contribution >= 4 is 58.5 Å². The van der Waals surface area contributed by atoms with E-state index in [0.29, 0.717) is 21.8 Å². The number of nitrogens with one attached hydrogen (secondary N) is 1.